The number of piperidine rings is 1. The number of nitrogens with zero attached hydrogens (tertiary/aromatic N) is 3. The number of aromatic nitrogens is 1. The van der Waals surface area contributed by atoms with E-state index in [1.54, 1.807) is 0 Å². The Bertz CT molecular complexity index is 474. The van der Waals surface area contributed by atoms with Crippen LogP contribution >= 0.6 is 0 Å². The number of hydrogen-bond donors (Lipinski definition) is 1. The second kappa shape index (κ2) is 6.75. The van der Waals surface area contributed by atoms with Crippen molar-refractivity contribution in [3.8, 4) is 0 Å². The molecule has 2 saturated heterocycles. The average Bonchev–Trinajstić information content (AvgIpc) is 2.52. The predicted molar refractivity (Wildman–Crippen MR) is 87.8 cm³/mol. The SMILES string of the molecule is CCNCc1cc(C)nc(N2CCN3CCCCC3C2)c1. The summed E-state index contributed by atoms with van der Waals surface area (Å²) < 4.78 is 0. The maximum absolute atomic E-state index is 4.78. The molecule has 4 heteroatoms. The van der Waals surface area contributed by atoms with Crippen LogP contribution in [0.25, 0.3) is 0 Å². The molecule has 0 saturated carbocycles. The molecule has 2 fully saturated rings. The first-order valence-corrected chi connectivity index (χ1v) is 8.43. The number of aryl methyl sites for hydroxylation is 1. The van der Waals surface area contributed by atoms with Crippen LogP contribution in [-0.4, -0.2) is 48.6 Å². The predicted octanol–water partition coefficient (Wildman–Crippen LogP) is 2.17. The topological polar surface area (TPSA) is 31.4 Å². The first-order valence-electron chi connectivity index (χ1n) is 8.43. The lowest BCUT2D eigenvalue weighted by Crippen LogP contribution is -2.55. The molecule has 116 valence electrons. The summed E-state index contributed by atoms with van der Waals surface area (Å²) in [6, 6.07) is 5.21. The fraction of sp³-hybridized carbons (Fsp3) is 0.706. The third kappa shape index (κ3) is 3.55. The Kier molecular flexibility index (Phi) is 4.76. The number of fused-ring (bicyclic) bond motifs is 1. The maximum atomic E-state index is 4.78. The van der Waals surface area contributed by atoms with Crippen LogP contribution in [0.15, 0.2) is 12.1 Å². The number of hydrogen-bond acceptors (Lipinski definition) is 4. The summed E-state index contributed by atoms with van der Waals surface area (Å²) in [5, 5.41) is 3.41. The molecule has 4 nitrogen and oxygen atoms in total. The van der Waals surface area contributed by atoms with E-state index in [0.717, 1.165) is 37.9 Å². The Balaban J connectivity index is 1.72. The third-order valence-corrected chi connectivity index (χ3v) is 4.74. The van der Waals surface area contributed by atoms with Crippen LogP contribution in [0.2, 0.25) is 0 Å². The fourth-order valence-electron chi connectivity index (χ4n) is 3.62. The van der Waals surface area contributed by atoms with Gasteiger partial charge in [-0.2, -0.15) is 0 Å². The summed E-state index contributed by atoms with van der Waals surface area (Å²) in [6.45, 7) is 11.0. The smallest absolute Gasteiger partial charge is 0.129 e. The van der Waals surface area contributed by atoms with Gasteiger partial charge in [0.1, 0.15) is 5.82 Å². The molecule has 1 aromatic rings. The Morgan fingerprint density at radius 3 is 3.00 bits per heavy atom. The van der Waals surface area contributed by atoms with Gasteiger partial charge in [-0.15, -0.1) is 0 Å². The van der Waals surface area contributed by atoms with Gasteiger partial charge in [-0.25, -0.2) is 4.98 Å². The Labute approximate surface area is 128 Å². The summed E-state index contributed by atoms with van der Waals surface area (Å²) in [5.74, 6) is 1.17. The molecule has 2 aliphatic heterocycles. The summed E-state index contributed by atoms with van der Waals surface area (Å²) in [5.41, 5.74) is 2.48. The van der Waals surface area contributed by atoms with Crippen LogP contribution in [0.1, 0.15) is 37.4 Å². The van der Waals surface area contributed by atoms with Gasteiger partial charge in [0, 0.05) is 37.9 Å². The van der Waals surface area contributed by atoms with Crippen molar-refractivity contribution in [1.29, 1.82) is 0 Å². The molecule has 3 rings (SSSR count). The van der Waals surface area contributed by atoms with Crippen molar-refractivity contribution in [2.24, 2.45) is 0 Å². The molecule has 0 radical (unpaired) electrons. The number of nitrogens with one attached hydrogen (secondary N) is 1. The van der Waals surface area contributed by atoms with Crippen LogP contribution in [0.5, 0.6) is 0 Å². The lowest BCUT2D eigenvalue weighted by molar-refractivity contribution is 0.133. The molecule has 3 heterocycles. The van der Waals surface area contributed by atoms with E-state index in [1.165, 1.54) is 43.7 Å². The molecular weight excluding hydrogens is 260 g/mol. The molecule has 0 aliphatic carbocycles. The number of anilines is 1. The van der Waals surface area contributed by atoms with Crippen molar-refractivity contribution in [1.82, 2.24) is 15.2 Å². The van der Waals surface area contributed by atoms with Crippen LogP contribution in [-0.2, 0) is 6.54 Å². The van der Waals surface area contributed by atoms with E-state index in [2.05, 4.69) is 41.1 Å². The minimum atomic E-state index is 0.743. The van der Waals surface area contributed by atoms with Gasteiger partial charge >= 0.3 is 0 Å². The molecule has 2 aliphatic rings. The van der Waals surface area contributed by atoms with Crippen LogP contribution in [0.3, 0.4) is 0 Å². The largest absolute Gasteiger partial charge is 0.354 e. The number of piperazine rings is 1. The van der Waals surface area contributed by atoms with Gasteiger partial charge in [-0.05, 0) is 50.6 Å². The molecule has 0 aromatic carbocycles. The molecule has 0 spiro atoms. The first-order chi connectivity index (χ1) is 10.3. The van der Waals surface area contributed by atoms with Gasteiger partial charge in [-0.3, -0.25) is 4.90 Å². The van der Waals surface area contributed by atoms with Crippen molar-refractivity contribution < 1.29 is 0 Å². The molecule has 1 aromatic heterocycles. The molecule has 0 amide bonds. The number of rotatable bonds is 4. The van der Waals surface area contributed by atoms with Crippen LogP contribution in [0.4, 0.5) is 5.82 Å². The zero-order valence-corrected chi connectivity index (χ0v) is 13.4. The van der Waals surface area contributed by atoms with E-state index in [9.17, 15) is 0 Å². The first kappa shape index (κ1) is 14.8. The van der Waals surface area contributed by atoms with Crippen LogP contribution < -0.4 is 10.2 Å². The van der Waals surface area contributed by atoms with Crippen molar-refractivity contribution in [3.63, 3.8) is 0 Å². The minimum absolute atomic E-state index is 0.743. The Morgan fingerprint density at radius 1 is 1.24 bits per heavy atom. The van der Waals surface area contributed by atoms with Gasteiger partial charge < -0.3 is 10.2 Å². The van der Waals surface area contributed by atoms with E-state index in [0.29, 0.717) is 0 Å². The average molecular weight is 288 g/mol. The highest BCUT2D eigenvalue weighted by atomic mass is 15.3. The summed E-state index contributed by atoms with van der Waals surface area (Å²) in [6.07, 6.45) is 4.13. The van der Waals surface area contributed by atoms with E-state index in [1.807, 2.05) is 0 Å². The second-order valence-corrected chi connectivity index (χ2v) is 6.39. The third-order valence-electron chi connectivity index (χ3n) is 4.74. The highest BCUT2D eigenvalue weighted by Gasteiger charge is 2.29. The lowest BCUT2D eigenvalue weighted by atomic mass is 9.99. The van der Waals surface area contributed by atoms with Gasteiger partial charge in [0.2, 0.25) is 0 Å². The molecule has 1 unspecified atom stereocenters. The zero-order chi connectivity index (χ0) is 14.7. The summed E-state index contributed by atoms with van der Waals surface area (Å²) >= 11 is 0. The van der Waals surface area contributed by atoms with E-state index in [4.69, 9.17) is 4.98 Å². The zero-order valence-electron chi connectivity index (χ0n) is 13.4. The highest BCUT2D eigenvalue weighted by molar-refractivity contribution is 5.43. The quantitative estimate of drug-likeness (QED) is 0.920. The van der Waals surface area contributed by atoms with Crippen molar-refractivity contribution in [2.75, 3.05) is 37.6 Å². The van der Waals surface area contributed by atoms with E-state index >= 15 is 0 Å². The molecule has 21 heavy (non-hydrogen) atoms. The van der Waals surface area contributed by atoms with Crippen molar-refractivity contribution >= 4 is 5.82 Å². The fourth-order valence-corrected chi connectivity index (χ4v) is 3.62. The summed E-state index contributed by atoms with van der Waals surface area (Å²) in [7, 11) is 0. The normalized spacial score (nSPS) is 23.1. The van der Waals surface area contributed by atoms with Gasteiger partial charge in [0.25, 0.3) is 0 Å². The standard InChI is InChI=1S/C17H28N4/c1-3-18-12-15-10-14(2)19-17(11-15)21-9-8-20-7-5-4-6-16(20)13-21/h10-11,16,18H,3-9,12-13H2,1-2H3. The Hall–Kier alpha value is -1.13. The monoisotopic (exact) mass is 288 g/mol. The van der Waals surface area contributed by atoms with Crippen molar-refractivity contribution in [3.05, 3.63) is 23.4 Å². The van der Waals surface area contributed by atoms with Crippen molar-refractivity contribution in [2.45, 2.75) is 45.7 Å². The van der Waals surface area contributed by atoms with E-state index < -0.39 is 0 Å². The lowest BCUT2D eigenvalue weighted by Gasteiger charge is -2.44. The van der Waals surface area contributed by atoms with E-state index in [-0.39, 0.29) is 0 Å². The van der Waals surface area contributed by atoms with Crippen LogP contribution in [0, 0.1) is 6.92 Å². The molecule has 0 bridgehead atoms. The molecular formula is C17H28N4. The molecule has 1 N–H and O–H groups in total. The maximum Gasteiger partial charge on any atom is 0.129 e. The van der Waals surface area contributed by atoms with Gasteiger partial charge in [0.05, 0.1) is 0 Å². The second-order valence-electron chi connectivity index (χ2n) is 6.39. The number of pyridine rings is 1. The van der Waals surface area contributed by atoms with Gasteiger partial charge in [0.15, 0.2) is 0 Å². The Morgan fingerprint density at radius 2 is 2.14 bits per heavy atom. The summed E-state index contributed by atoms with van der Waals surface area (Å²) in [4.78, 5) is 9.95. The minimum Gasteiger partial charge on any atom is -0.354 e. The molecule has 1 atom stereocenters. The van der Waals surface area contributed by atoms with Gasteiger partial charge in [-0.1, -0.05) is 13.3 Å². The highest BCUT2D eigenvalue weighted by Crippen LogP contribution is 2.24.